The summed E-state index contributed by atoms with van der Waals surface area (Å²) in [5.41, 5.74) is 1.36. The Balaban J connectivity index is 1.61. The van der Waals surface area contributed by atoms with Crippen LogP contribution in [0.4, 0.5) is 0 Å². The number of nitrogens with zero attached hydrogens (tertiary/aromatic N) is 1. The van der Waals surface area contributed by atoms with Crippen LogP contribution < -0.4 is 10.2 Å². The number of quaternary nitrogens is 2. The van der Waals surface area contributed by atoms with Crippen molar-refractivity contribution in [2.45, 2.75) is 20.4 Å². The number of rotatable bonds is 7. The fourth-order valence-electron chi connectivity index (χ4n) is 3.21. The molecule has 24 heavy (non-hydrogen) atoms. The van der Waals surface area contributed by atoms with E-state index in [0.29, 0.717) is 5.41 Å². The number of thiazole rings is 1. The summed E-state index contributed by atoms with van der Waals surface area (Å²) < 4.78 is 7.21. The number of benzene rings is 1. The summed E-state index contributed by atoms with van der Waals surface area (Å²) in [6.07, 6.45) is 0. The standard InChI is InChI=1S/C19H25N3OS/c1-19(2,13-22(3)4)12-20-11-14-9-10-16(23-14)18-21-15-7-5-6-8-17(15)24-18/h5-10,20H,11-13H2,1-4H3/p+2. The third kappa shape index (κ3) is 4.23. The van der Waals surface area contributed by atoms with Gasteiger partial charge < -0.3 is 14.6 Å². The van der Waals surface area contributed by atoms with Crippen molar-refractivity contribution in [3.8, 4) is 10.8 Å². The highest BCUT2D eigenvalue weighted by Crippen LogP contribution is 2.30. The molecule has 0 saturated carbocycles. The summed E-state index contributed by atoms with van der Waals surface area (Å²) in [6, 6.07) is 12.3. The Labute approximate surface area is 147 Å². The first-order valence-corrected chi connectivity index (χ1v) is 9.30. The van der Waals surface area contributed by atoms with E-state index in [9.17, 15) is 0 Å². The SMILES string of the molecule is C[NH+](C)CC(C)(C)C[NH2+]Cc1ccc(-c2nc3ccccc3s2)o1. The number of furan rings is 1. The van der Waals surface area contributed by atoms with Crippen LogP contribution in [0.3, 0.4) is 0 Å². The predicted octanol–water partition coefficient (Wildman–Crippen LogP) is 1.79. The second-order valence-corrected chi connectivity index (χ2v) is 8.53. The molecule has 0 atom stereocenters. The maximum atomic E-state index is 6.01. The molecule has 0 fully saturated rings. The molecular weight excluding hydrogens is 318 g/mol. The number of para-hydroxylation sites is 1. The highest BCUT2D eigenvalue weighted by atomic mass is 32.1. The van der Waals surface area contributed by atoms with E-state index in [1.807, 2.05) is 24.3 Å². The van der Waals surface area contributed by atoms with Crippen molar-refractivity contribution in [3.63, 3.8) is 0 Å². The predicted molar refractivity (Wildman–Crippen MR) is 99.3 cm³/mol. The molecule has 2 aromatic heterocycles. The molecule has 4 nitrogen and oxygen atoms in total. The normalized spacial score (nSPS) is 12.4. The Morgan fingerprint density at radius 3 is 2.71 bits per heavy atom. The van der Waals surface area contributed by atoms with Crippen LogP contribution in [-0.4, -0.2) is 32.2 Å². The Kier molecular flexibility index (Phi) is 5.04. The number of nitrogens with two attached hydrogens (primary N) is 1. The van der Waals surface area contributed by atoms with Crippen molar-refractivity contribution in [1.82, 2.24) is 4.98 Å². The first kappa shape index (κ1) is 17.1. The molecule has 2 heterocycles. The molecule has 0 amide bonds. The highest BCUT2D eigenvalue weighted by molar-refractivity contribution is 7.21. The van der Waals surface area contributed by atoms with E-state index in [0.717, 1.165) is 35.1 Å². The fourth-order valence-corrected chi connectivity index (χ4v) is 4.14. The van der Waals surface area contributed by atoms with Gasteiger partial charge in [-0.05, 0) is 38.1 Å². The molecule has 0 spiro atoms. The Morgan fingerprint density at radius 1 is 1.17 bits per heavy atom. The average Bonchev–Trinajstić information content (AvgIpc) is 3.11. The van der Waals surface area contributed by atoms with Crippen molar-refractivity contribution in [3.05, 3.63) is 42.2 Å². The Morgan fingerprint density at radius 2 is 1.96 bits per heavy atom. The summed E-state index contributed by atoms with van der Waals surface area (Å²) in [5.74, 6) is 1.88. The molecule has 0 unspecified atom stereocenters. The van der Waals surface area contributed by atoms with Crippen molar-refractivity contribution in [1.29, 1.82) is 0 Å². The second-order valence-electron chi connectivity index (χ2n) is 7.50. The molecule has 3 N–H and O–H groups in total. The highest BCUT2D eigenvalue weighted by Gasteiger charge is 2.23. The zero-order chi connectivity index (χ0) is 17.2. The maximum Gasteiger partial charge on any atom is 0.163 e. The molecular formula is C19H27N3OS+2. The number of hydrogen-bond acceptors (Lipinski definition) is 3. The van der Waals surface area contributed by atoms with Gasteiger partial charge in [0.2, 0.25) is 0 Å². The Bertz CT molecular complexity index is 771. The van der Waals surface area contributed by atoms with Gasteiger partial charge in [0.1, 0.15) is 6.54 Å². The second kappa shape index (κ2) is 7.05. The van der Waals surface area contributed by atoms with Crippen LogP contribution in [0, 0.1) is 5.41 Å². The minimum absolute atomic E-state index is 0.321. The maximum absolute atomic E-state index is 6.01. The lowest BCUT2D eigenvalue weighted by atomic mass is 9.93. The van der Waals surface area contributed by atoms with Crippen molar-refractivity contribution in [2.24, 2.45) is 5.41 Å². The van der Waals surface area contributed by atoms with Crippen LogP contribution in [-0.2, 0) is 6.54 Å². The minimum Gasteiger partial charge on any atom is -0.453 e. The van der Waals surface area contributed by atoms with Gasteiger partial charge in [0, 0.05) is 0 Å². The average molecular weight is 346 g/mol. The van der Waals surface area contributed by atoms with Crippen LogP contribution in [0.5, 0.6) is 0 Å². The zero-order valence-corrected chi connectivity index (χ0v) is 15.7. The van der Waals surface area contributed by atoms with Crippen LogP contribution in [0.15, 0.2) is 40.8 Å². The molecule has 0 saturated heterocycles. The molecule has 128 valence electrons. The monoisotopic (exact) mass is 345 g/mol. The lowest BCUT2D eigenvalue weighted by Crippen LogP contribution is -3.08. The van der Waals surface area contributed by atoms with E-state index in [4.69, 9.17) is 4.42 Å². The van der Waals surface area contributed by atoms with Gasteiger partial charge >= 0.3 is 0 Å². The molecule has 3 rings (SSSR count). The van der Waals surface area contributed by atoms with Crippen LogP contribution in [0.2, 0.25) is 0 Å². The van der Waals surface area contributed by atoms with E-state index in [-0.39, 0.29) is 0 Å². The van der Waals surface area contributed by atoms with Gasteiger partial charge in [0.05, 0.1) is 42.8 Å². The molecule has 0 aliphatic heterocycles. The first-order chi connectivity index (χ1) is 11.4. The summed E-state index contributed by atoms with van der Waals surface area (Å²) in [6.45, 7) is 7.78. The van der Waals surface area contributed by atoms with Gasteiger partial charge in [-0.25, -0.2) is 4.98 Å². The molecule has 0 aliphatic carbocycles. The van der Waals surface area contributed by atoms with Crippen molar-refractivity contribution >= 4 is 21.6 Å². The van der Waals surface area contributed by atoms with Crippen LogP contribution in [0.25, 0.3) is 21.0 Å². The van der Waals surface area contributed by atoms with Gasteiger partial charge in [-0.15, -0.1) is 11.3 Å². The number of aromatic nitrogens is 1. The van der Waals surface area contributed by atoms with E-state index in [1.54, 1.807) is 11.3 Å². The molecule has 3 aromatic rings. The lowest BCUT2D eigenvalue weighted by molar-refractivity contribution is -0.868. The van der Waals surface area contributed by atoms with Crippen molar-refractivity contribution in [2.75, 3.05) is 27.2 Å². The lowest BCUT2D eigenvalue weighted by Gasteiger charge is -2.23. The minimum atomic E-state index is 0.321. The first-order valence-electron chi connectivity index (χ1n) is 8.48. The summed E-state index contributed by atoms with van der Waals surface area (Å²) in [4.78, 5) is 6.15. The molecule has 0 radical (unpaired) electrons. The van der Waals surface area contributed by atoms with Crippen LogP contribution in [0.1, 0.15) is 19.6 Å². The number of nitrogens with one attached hydrogen (secondary N) is 1. The largest absolute Gasteiger partial charge is 0.453 e. The molecule has 0 aliphatic rings. The van der Waals surface area contributed by atoms with Crippen LogP contribution >= 0.6 is 11.3 Å². The number of hydrogen-bond donors (Lipinski definition) is 2. The topological polar surface area (TPSA) is 47.1 Å². The van der Waals surface area contributed by atoms with Gasteiger partial charge in [0.25, 0.3) is 0 Å². The Hall–Kier alpha value is -1.69. The van der Waals surface area contributed by atoms with Gasteiger partial charge in [0.15, 0.2) is 16.5 Å². The van der Waals surface area contributed by atoms with Gasteiger partial charge in [-0.3, -0.25) is 0 Å². The van der Waals surface area contributed by atoms with Crippen molar-refractivity contribution < 1.29 is 14.6 Å². The zero-order valence-electron chi connectivity index (χ0n) is 14.9. The van der Waals surface area contributed by atoms with E-state index in [2.05, 4.69) is 50.4 Å². The summed E-state index contributed by atoms with van der Waals surface area (Å²) >= 11 is 1.68. The van der Waals surface area contributed by atoms with E-state index >= 15 is 0 Å². The number of fused-ring (bicyclic) bond motifs is 1. The molecule has 5 heteroatoms. The van der Waals surface area contributed by atoms with E-state index in [1.165, 1.54) is 16.1 Å². The van der Waals surface area contributed by atoms with Gasteiger partial charge in [-0.2, -0.15) is 0 Å². The fraction of sp³-hybridized carbons (Fsp3) is 0.421. The summed E-state index contributed by atoms with van der Waals surface area (Å²) in [5, 5.41) is 3.29. The van der Waals surface area contributed by atoms with E-state index < -0.39 is 0 Å². The molecule has 0 bridgehead atoms. The third-order valence-corrected chi connectivity index (χ3v) is 5.09. The molecule has 1 aromatic carbocycles. The smallest absolute Gasteiger partial charge is 0.163 e. The third-order valence-electron chi connectivity index (χ3n) is 4.04. The summed E-state index contributed by atoms with van der Waals surface area (Å²) in [7, 11) is 4.41. The quantitative estimate of drug-likeness (QED) is 0.686. The van der Waals surface area contributed by atoms with Gasteiger partial charge in [-0.1, -0.05) is 12.1 Å².